The van der Waals surface area contributed by atoms with Crippen molar-refractivity contribution in [3.05, 3.63) is 80.9 Å². The van der Waals surface area contributed by atoms with Crippen molar-refractivity contribution >= 4 is 0 Å². The molecule has 0 bridgehead atoms. The molecule has 0 saturated heterocycles. The van der Waals surface area contributed by atoms with Crippen LogP contribution in [0.1, 0.15) is 24.8 Å². The molecule has 1 heterocycles. The van der Waals surface area contributed by atoms with Gasteiger partial charge < -0.3 is 15.3 Å². The number of hydrazine groups is 1. The van der Waals surface area contributed by atoms with Gasteiger partial charge in [-0.25, -0.2) is 10.6 Å². The van der Waals surface area contributed by atoms with Crippen molar-refractivity contribution in [1.82, 2.24) is 14.6 Å². The molecule has 0 radical (unpaired) electrons. The normalized spacial score (nSPS) is 11.5. The fourth-order valence-corrected chi connectivity index (χ4v) is 2.57. The van der Waals surface area contributed by atoms with E-state index in [0.29, 0.717) is 13.1 Å². The molecule has 7 nitrogen and oxygen atoms in total. The van der Waals surface area contributed by atoms with E-state index in [1.807, 2.05) is 18.2 Å². The second-order valence-electron chi connectivity index (χ2n) is 5.85. The summed E-state index contributed by atoms with van der Waals surface area (Å²) in [5.74, 6) is 6.10. The van der Waals surface area contributed by atoms with Crippen LogP contribution in [0.3, 0.4) is 0 Å². The smallest absolute Gasteiger partial charge is 0.328 e. The Morgan fingerprint density at radius 1 is 1.16 bits per heavy atom. The molecule has 0 aliphatic carbocycles. The molecule has 1 aromatic carbocycles. The summed E-state index contributed by atoms with van der Waals surface area (Å²) in [6.45, 7) is 1.23. The zero-order valence-electron chi connectivity index (χ0n) is 14.2. The first-order valence-electron chi connectivity index (χ1n) is 8.37. The van der Waals surface area contributed by atoms with E-state index in [9.17, 15) is 9.59 Å². The van der Waals surface area contributed by atoms with Gasteiger partial charge in [-0.05, 0) is 31.2 Å². The number of aromatic amines is 1. The average Bonchev–Trinajstić information content (AvgIpc) is 2.62. The van der Waals surface area contributed by atoms with E-state index < -0.39 is 0 Å². The van der Waals surface area contributed by atoms with Gasteiger partial charge in [-0.3, -0.25) is 9.78 Å². The third-order valence-electron chi connectivity index (χ3n) is 4.02. The molecule has 0 fully saturated rings. The van der Waals surface area contributed by atoms with Gasteiger partial charge in [0.2, 0.25) is 0 Å². The summed E-state index contributed by atoms with van der Waals surface area (Å²) in [6.07, 6.45) is 6.26. The summed E-state index contributed by atoms with van der Waals surface area (Å²) in [5.41, 5.74) is 7.04. The highest BCUT2D eigenvalue weighted by atomic mass is 16.2. The predicted molar refractivity (Wildman–Crippen MR) is 98.5 cm³/mol. The second kappa shape index (κ2) is 9.48. The van der Waals surface area contributed by atoms with Gasteiger partial charge in [0, 0.05) is 37.2 Å². The van der Waals surface area contributed by atoms with Crippen molar-refractivity contribution < 1.29 is 0 Å². The lowest BCUT2D eigenvalue weighted by molar-refractivity contribution is 0.343. The quantitative estimate of drug-likeness (QED) is 0.356. The second-order valence-corrected chi connectivity index (χ2v) is 5.85. The van der Waals surface area contributed by atoms with Crippen LogP contribution >= 0.6 is 0 Å². The maximum atomic E-state index is 11.6. The van der Waals surface area contributed by atoms with Gasteiger partial charge in [-0.2, -0.15) is 0 Å². The standard InChI is InChI=1S/C18H25N5O2/c19-14-16(23(20)13-9-15-6-2-1-3-7-15)8-4-5-11-22-12-10-17(24)21-18(22)25/h1-3,6-7,10,12,14H,4-5,8-9,11,13,19-20H2,(H,21,24,25)/b16-14-. The number of unbranched alkanes of at least 4 members (excludes halogenated alkanes) is 1. The van der Waals surface area contributed by atoms with Crippen molar-refractivity contribution in [1.29, 1.82) is 0 Å². The van der Waals surface area contributed by atoms with E-state index in [1.54, 1.807) is 5.01 Å². The minimum absolute atomic E-state index is 0.383. The summed E-state index contributed by atoms with van der Waals surface area (Å²) in [7, 11) is 0. The van der Waals surface area contributed by atoms with E-state index in [1.165, 1.54) is 28.6 Å². The van der Waals surface area contributed by atoms with E-state index in [2.05, 4.69) is 17.1 Å². The Morgan fingerprint density at radius 2 is 1.92 bits per heavy atom. The summed E-state index contributed by atoms with van der Waals surface area (Å²) >= 11 is 0. The molecule has 2 rings (SSSR count). The molecule has 0 spiro atoms. The minimum Gasteiger partial charge on any atom is -0.403 e. The Labute approximate surface area is 146 Å². The summed E-state index contributed by atoms with van der Waals surface area (Å²) in [6, 6.07) is 11.5. The molecule has 5 N–H and O–H groups in total. The van der Waals surface area contributed by atoms with Gasteiger partial charge in [-0.1, -0.05) is 30.3 Å². The number of aromatic nitrogens is 2. The number of H-pyrrole nitrogens is 1. The van der Waals surface area contributed by atoms with Gasteiger partial charge in [0.05, 0.1) is 0 Å². The van der Waals surface area contributed by atoms with E-state index in [-0.39, 0.29) is 11.2 Å². The molecule has 0 amide bonds. The monoisotopic (exact) mass is 343 g/mol. The number of aryl methyl sites for hydroxylation is 1. The van der Waals surface area contributed by atoms with Crippen LogP contribution in [-0.2, 0) is 13.0 Å². The summed E-state index contributed by atoms with van der Waals surface area (Å²) in [4.78, 5) is 24.9. The van der Waals surface area contributed by atoms with Gasteiger partial charge in [-0.15, -0.1) is 0 Å². The van der Waals surface area contributed by atoms with Crippen LogP contribution in [0.4, 0.5) is 0 Å². The Balaban J connectivity index is 1.75. The Bertz CT molecular complexity index is 795. The lowest BCUT2D eigenvalue weighted by atomic mass is 10.1. The van der Waals surface area contributed by atoms with E-state index in [0.717, 1.165) is 31.4 Å². The number of hydrogen-bond donors (Lipinski definition) is 3. The molecule has 1 aromatic heterocycles. The first-order chi connectivity index (χ1) is 12.1. The molecule has 25 heavy (non-hydrogen) atoms. The maximum absolute atomic E-state index is 11.6. The third kappa shape index (κ3) is 5.96. The molecule has 0 saturated carbocycles. The predicted octanol–water partition coefficient (Wildman–Crippen LogP) is 0.925. The molecular weight excluding hydrogens is 318 g/mol. The topological polar surface area (TPSA) is 110 Å². The number of rotatable bonds is 9. The highest BCUT2D eigenvalue weighted by Crippen LogP contribution is 2.10. The van der Waals surface area contributed by atoms with Crippen LogP contribution in [0.5, 0.6) is 0 Å². The van der Waals surface area contributed by atoms with Crippen molar-refractivity contribution in [3.63, 3.8) is 0 Å². The van der Waals surface area contributed by atoms with Crippen LogP contribution in [0.15, 0.2) is 64.1 Å². The number of nitrogens with one attached hydrogen (secondary N) is 1. The van der Waals surface area contributed by atoms with Crippen LogP contribution in [0.25, 0.3) is 0 Å². The maximum Gasteiger partial charge on any atom is 0.328 e. The molecule has 2 aromatic rings. The number of nitrogens with two attached hydrogens (primary N) is 2. The third-order valence-corrected chi connectivity index (χ3v) is 4.02. The van der Waals surface area contributed by atoms with Gasteiger partial charge in [0.25, 0.3) is 5.56 Å². The molecule has 0 aliphatic heterocycles. The molecule has 0 unspecified atom stereocenters. The molecular formula is C18H25N5O2. The van der Waals surface area contributed by atoms with Crippen molar-refractivity contribution in [2.24, 2.45) is 11.6 Å². The molecule has 7 heteroatoms. The van der Waals surface area contributed by atoms with Gasteiger partial charge in [0.15, 0.2) is 0 Å². The molecule has 0 atom stereocenters. The van der Waals surface area contributed by atoms with Gasteiger partial charge in [0.1, 0.15) is 0 Å². The first kappa shape index (κ1) is 18.5. The molecule has 134 valence electrons. The number of benzene rings is 1. The van der Waals surface area contributed by atoms with Crippen LogP contribution in [0.2, 0.25) is 0 Å². The van der Waals surface area contributed by atoms with Gasteiger partial charge >= 0.3 is 5.69 Å². The average molecular weight is 343 g/mol. The lowest BCUT2D eigenvalue weighted by Crippen LogP contribution is -2.33. The number of nitrogens with zero attached hydrogens (tertiary/aromatic N) is 2. The fourth-order valence-electron chi connectivity index (χ4n) is 2.57. The SMILES string of the molecule is N/C=C(/CCCCn1ccc(=O)[nH]c1=O)N(N)CCc1ccccc1. The van der Waals surface area contributed by atoms with Crippen molar-refractivity contribution in [3.8, 4) is 0 Å². The Hall–Kier alpha value is -2.80. The highest BCUT2D eigenvalue weighted by Gasteiger charge is 2.06. The zero-order valence-corrected chi connectivity index (χ0v) is 14.2. The van der Waals surface area contributed by atoms with E-state index >= 15 is 0 Å². The molecule has 0 aliphatic rings. The number of allylic oxidation sites excluding steroid dienone is 1. The minimum atomic E-state index is -0.384. The van der Waals surface area contributed by atoms with E-state index in [4.69, 9.17) is 11.6 Å². The summed E-state index contributed by atoms with van der Waals surface area (Å²) < 4.78 is 1.49. The Kier molecular flexibility index (Phi) is 7.03. The van der Waals surface area contributed by atoms with Crippen molar-refractivity contribution in [2.45, 2.75) is 32.2 Å². The Morgan fingerprint density at radius 3 is 2.60 bits per heavy atom. The zero-order chi connectivity index (χ0) is 18.1. The fraction of sp³-hybridized carbons (Fsp3) is 0.333. The largest absolute Gasteiger partial charge is 0.403 e. The highest BCUT2D eigenvalue weighted by molar-refractivity contribution is 5.15. The van der Waals surface area contributed by atoms with Crippen LogP contribution in [0, 0.1) is 0 Å². The summed E-state index contributed by atoms with van der Waals surface area (Å²) in [5, 5.41) is 1.68. The lowest BCUT2D eigenvalue weighted by Gasteiger charge is -2.21. The van der Waals surface area contributed by atoms with Crippen molar-refractivity contribution in [2.75, 3.05) is 6.54 Å². The first-order valence-corrected chi connectivity index (χ1v) is 8.37. The van der Waals surface area contributed by atoms with Crippen LogP contribution in [-0.4, -0.2) is 21.1 Å². The number of hydrogen-bond acceptors (Lipinski definition) is 5. The van der Waals surface area contributed by atoms with Crippen LogP contribution < -0.4 is 22.8 Å².